The van der Waals surface area contributed by atoms with Crippen LogP contribution in [0.3, 0.4) is 0 Å². The summed E-state index contributed by atoms with van der Waals surface area (Å²) in [5, 5.41) is 30.9. The van der Waals surface area contributed by atoms with Gasteiger partial charge in [-0.1, -0.05) is 30.3 Å². The Balaban J connectivity index is 1.67. The van der Waals surface area contributed by atoms with E-state index in [-0.39, 0.29) is 35.0 Å². The van der Waals surface area contributed by atoms with Crippen molar-refractivity contribution >= 4 is 18.2 Å². The molecule has 0 aliphatic heterocycles. The number of benzene rings is 3. The van der Waals surface area contributed by atoms with Gasteiger partial charge in [-0.05, 0) is 47.5 Å². The smallest absolute Gasteiger partial charge is 0.330 e. The molecule has 0 saturated heterocycles. The molecule has 0 saturated carbocycles. The third kappa shape index (κ3) is 5.18. The van der Waals surface area contributed by atoms with E-state index in [4.69, 9.17) is 4.74 Å². The number of carboxylic acid groups (broad SMARTS) is 1. The first-order valence-corrected chi connectivity index (χ1v) is 9.20. The van der Waals surface area contributed by atoms with E-state index < -0.39 is 17.9 Å². The molecular formula is C23H19NO7. The van der Waals surface area contributed by atoms with Crippen LogP contribution in [-0.2, 0) is 11.4 Å². The van der Waals surface area contributed by atoms with Gasteiger partial charge in [0.05, 0.1) is 5.56 Å². The predicted octanol–water partition coefficient (Wildman–Crippen LogP) is 3.04. The zero-order valence-electron chi connectivity index (χ0n) is 16.2. The molecule has 0 aliphatic carbocycles. The largest absolute Gasteiger partial charge is 0.508 e. The van der Waals surface area contributed by atoms with Crippen molar-refractivity contribution in [3.63, 3.8) is 0 Å². The monoisotopic (exact) mass is 421 g/mol. The molecule has 1 amide bonds. The second-order valence-electron chi connectivity index (χ2n) is 6.63. The Morgan fingerprint density at radius 1 is 0.968 bits per heavy atom. The number of carbonyl (C=O) groups excluding carboxylic acids is 2. The fourth-order valence-electron chi connectivity index (χ4n) is 2.86. The number of phenols is 2. The van der Waals surface area contributed by atoms with Crippen LogP contribution in [-0.4, -0.2) is 33.5 Å². The lowest BCUT2D eigenvalue weighted by molar-refractivity contribution is -0.139. The number of aromatic hydroxyl groups is 2. The number of ether oxygens (including phenoxy) is 1. The van der Waals surface area contributed by atoms with E-state index in [1.807, 2.05) is 0 Å². The molecule has 1 atom stereocenters. The lowest BCUT2D eigenvalue weighted by Gasteiger charge is -2.15. The van der Waals surface area contributed by atoms with E-state index in [2.05, 4.69) is 5.32 Å². The van der Waals surface area contributed by atoms with Crippen LogP contribution in [0.25, 0.3) is 0 Å². The fraction of sp³-hybridized carbons (Fsp3) is 0.0870. The number of hydrogen-bond acceptors (Lipinski definition) is 6. The third-order valence-electron chi connectivity index (χ3n) is 4.52. The van der Waals surface area contributed by atoms with Crippen LogP contribution in [0.2, 0.25) is 0 Å². The maximum absolute atomic E-state index is 12.5. The topological polar surface area (TPSA) is 133 Å². The Morgan fingerprint density at radius 2 is 1.65 bits per heavy atom. The molecule has 31 heavy (non-hydrogen) atoms. The number of aldehydes is 1. The number of rotatable bonds is 8. The second kappa shape index (κ2) is 9.45. The summed E-state index contributed by atoms with van der Waals surface area (Å²) in [5.41, 5.74) is 1.32. The highest BCUT2D eigenvalue weighted by molar-refractivity contribution is 5.96. The minimum Gasteiger partial charge on any atom is -0.508 e. The van der Waals surface area contributed by atoms with E-state index in [0.29, 0.717) is 17.4 Å². The van der Waals surface area contributed by atoms with Gasteiger partial charge in [-0.15, -0.1) is 0 Å². The molecule has 0 bridgehead atoms. The standard InChI is InChI=1S/C23H19NO7/c25-12-18-19(27)2-1-3-20(18)31-13-14-4-6-16(7-5-14)22(28)24-21(23(29)30)15-8-10-17(26)11-9-15/h1-12,21,26-27H,13H2,(H,24,28)(H,29,30)/t21-/m0/s1. The maximum atomic E-state index is 12.5. The molecule has 158 valence electrons. The summed E-state index contributed by atoms with van der Waals surface area (Å²) < 4.78 is 5.57. The van der Waals surface area contributed by atoms with E-state index in [0.717, 1.165) is 0 Å². The molecule has 8 nitrogen and oxygen atoms in total. The van der Waals surface area contributed by atoms with E-state index in [1.54, 1.807) is 24.3 Å². The average Bonchev–Trinajstić information content (AvgIpc) is 2.77. The van der Waals surface area contributed by atoms with Crippen LogP contribution in [0.1, 0.15) is 37.9 Å². The Bertz CT molecular complexity index is 1090. The van der Waals surface area contributed by atoms with Crippen LogP contribution < -0.4 is 10.1 Å². The minimum atomic E-state index is -1.27. The van der Waals surface area contributed by atoms with Gasteiger partial charge in [0, 0.05) is 5.56 Å². The lowest BCUT2D eigenvalue weighted by atomic mass is 10.1. The van der Waals surface area contributed by atoms with Crippen molar-refractivity contribution in [2.45, 2.75) is 12.6 Å². The highest BCUT2D eigenvalue weighted by Crippen LogP contribution is 2.26. The summed E-state index contributed by atoms with van der Waals surface area (Å²) in [7, 11) is 0. The molecule has 0 spiro atoms. The number of hydrogen-bond donors (Lipinski definition) is 4. The molecule has 0 heterocycles. The van der Waals surface area contributed by atoms with Crippen LogP contribution in [0.5, 0.6) is 17.2 Å². The zero-order chi connectivity index (χ0) is 22.4. The Labute approximate surface area is 177 Å². The first-order chi connectivity index (χ1) is 14.9. The molecule has 0 unspecified atom stereocenters. The Morgan fingerprint density at radius 3 is 2.26 bits per heavy atom. The van der Waals surface area contributed by atoms with E-state index >= 15 is 0 Å². The van der Waals surface area contributed by atoms with Crippen molar-refractivity contribution in [3.8, 4) is 17.2 Å². The van der Waals surface area contributed by atoms with Gasteiger partial charge in [0.25, 0.3) is 5.91 Å². The van der Waals surface area contributed by atoms with Crippen LogP contribution in [0, 0.1) is 0 Å². The average molecular weight is 421 g/mol. The number of amides is 1. The van der Waals surface area contributed by atoms with Gasteiger partial charge in [-0.3, -0.25) is 9.59 Å². The Hall–Kier alpha value is -4.33. The van der Waals surface area contributed by atoms with Gasteiger partial charge in [0.2, 0.25) is 0 Å². The third-order valence-corrected chi connectivity index (χ3v) is 4.52. The second-order valence-corrected chi connectivity index (χ2v) is 6.63. The molecule has 0 radical (unpaired) electrons. The van der Waals surface area contributed by atoms with Gasteiger partial charge in [-0.2, -0.15) is 0 Å². The molecule has 0 fully saturated rings. The number of nitrogens with one attached hydrogen (secondary N) is 1. The van der Waals surface area contributed by atoms with Gasteiger partial charge in [0.1, 0.15) is 23.9 Å². The van der Waals surface area contributed by atoms with Gasteiger partial charge < -0.3 is 25.4 Å². The first-order valence-electron chi connectivity index (χ1n) is 9.20. The highest BCUT2D eigenvalue weighted by atomic mass is 16.5. The molecule has 0 aromatic heterocycles. The summed E-state index contributed by atoms with van der Waals surface area (Å²) in [6, 6.07) is 15.1. The molecular weight excluding hydrogens is 402 g/mol. The zero-order valence-corrected chi connectivity index (χ0v) is 16.2. The summed E-state index contributed by atoms with van der Waals surface area (Å²) in [5.74, 6) is -1.77. The van der Waals surface area contributed by atoms with Crippen molar-refractivity contribution in [2.75, 3.05) is 0 Å². The SMILES string of the molecule is O=Cc1c(O)cccc1OCc1ccc(C(=O)N[C@H](C(=O)O)c2ccc(O)cc2)cc1. The predicted molar refractivity (Wildman–Crippen MR) is 110 cm³/mol. The van der Waals surface area contributed by atoms with Gasteiger partial charge >= 0.3 is 5.97 Å². The Kier molecular flexibility index (Phi) is 6.51. The number of aliphatic carboxylic acids is 1. The summed E-state index contributed by atoms with van der Waals surface area (Å²) in [6.45, 7) is 0.0947. The minimum absolute atomic E-state index is 0.0111. The van der Waals surface area contributed by atoms with Crippen molar-refractivity contribution in [2.24, 2.45) is 0 Å². The summed E-state index contributed by atoms with van der Waals surface area (Å²) in [4.78, 5) is 35.2. The maximum Gasteiger partial charge on any atom is 0.330 e. The van der Waals surface area contributed by atoms with Crippen molar-refractivity contribution in [1.82, 2.24) is 5.32 Å². The number of carbonyl (C=O) groups is 3. The van der Waals surface area contributed by atoms with Gasteiger partial charge in [0.15, 0.2) is 12.3 Å². The van der Waals surface area contributed by atoms with Crippen LogP contribution >= 0.6 is 0 Å². The number of phenolic OH excluding ortho intramolecular Hbond substituents is 2. The lowest BCUT2D eigenvalue weighted by Crippen LogP contribution is -2.33. The normalized spacial score (nSPS) is 11.4. The quantitative estimate of drug-likeness (QED) is 0.411. The summed E-state index contributed by atoms with van der Waals surface area (Å²) in [6.07, 6.45) is 0.505. The molecule has 8 heteroatoms. The fourth-order valence-corrected chi connectivity index (χ4v) is 2.86. The van der Waals surface area contributed by atoms with Crippen LogP contribution in [0.15, 0.2) is 66.7 Å². The molecule has 0 aliphatic rings. The molecule has 3 rings (SSSR count). The number of carboxylic acids is 1. The van der Waals surface area contributed by atoms with Crippen LogP contribution in [0.4, 0.5) is 0 Å². The van der Waals surface area contributed by atoms with Gasteiger partial charge in [-0.25, -0.2) is 4.79 Å². The highest BCUT2D eigenvalue weighted by Gasteiger charge is 2.22. The molecule has 3 aromatic carbocycles. The molecule has 4 N–H and O–H groups in total. The first kappa shape index (κ1) is 21.4. The van der Waals surface area contributed by atoms with E-state index in [9.17, 15) is 29.7 Å². The van der Waals surface area contributed by atoms with Crippen molar-refractivity contribution < 1.29 is 34.4 Å². The molecule has 3 aromatic rings. The summed E-state index contributed by atoms with van der Waals surface area (Å²) >= 11 is 0. The van der Waals surface area contributed by atoms with Crippen molar-refractivity contribution in [3.05, 3.63) is 89.0 Å². The van der Waals surface area contributed by atoms with Crippen molar-refractivity contribution in [1.29, 1.82) is 0 Å². The van der Waals surface area contributed by atoms with E-state index in [1.165, 1.54) is 42.5 Å².